The zero-order valence-corrected chi connectivity index (χ0v) is 16.0. The molecule has 1 N–H and O–H groups in total. The maximum absolute atomic E-state index is 12.9. The van der Waals surface area contributed by atoms with Gasteiger partial charge in [-0.25, -0.2) is 4.39 Å². The molecule has 28 heavy (non-hydrogen) atoms. The second kappa shape index (κ2) is 9.35. The van der Waals surface area contributed by atoms with E-state index in [9.17, 15) is 14.0 Å². The van der Waals surface area contributed by atoms with Crippen LogP contribution in [-0.2, 0) is 16.1 Å². The minimum atomic E-state index is -0.293. The van der Waals surface area contributed by atoms with Gasteiger partial charge in [0, 0.05) is 25.6 Å². The Morgan fingerprint density at radius 3 is 2.36 bits per heavy atom. The Morgan fingerprint density at radius 2 is 1.71 bits per heavy atom. The van der Waals surface area contributed by atoms with Gasteiger partial charge in [-0.1, -0.05) is 29.8 Å². The highest BCUT2D eigenvalue weighted by Gasteiger charge is 2.27. The predicted molar refractivity (Wildman–Crippen MR) is 104 cm³/mol. The van der Waals surface area contributed by atoms with E-state index in [1.165, 1.54) is 12.1 Å². The van der Waals surface area contributed by atoms with Crippen molar-refractivity contribution >= 4 is 11.8 Å². The van der Waals surface area contributed by atoms with Crippen molar-refractivity contribution in [1.82, 2.24) is 10.2 Å². The molecular formula is C22H25FN2O3. The van der Waals surface area contributed by atoms with Crippen molar-refractivity contribution in [3.63, 3.8) is 0 Å². The Hall–Kier alpha value is -2.89. The van der Waals surface area contributed by atoms with Gasteiger partial charge < -0.3 is 15.0 Å². The van der Waals surface area contributed by atoms with Crippen molar-refractivity contribution in [3.05, 3.63) is 65.5 Å². The van der Waals surface area contributed by atoms with Gasteiger partial charge in [0.2, 0.25) is 5.91 Å². The van der Waals surface area contributed by atoms with E-state index in [1.807, 2.05) is 31.2 Å². The fourth-order valence-electron chi connectivity index (χ4n) is 3.20. The Bertz CT molecular complexity index is 728. The predicted octanol–water partition coefficient (Wildman–Crippen LogP) is 3.07. The van der Waals surface area contributed by atoms with E-state index in [4.69, 9.17) is 4.74 Å². The summed E-state index contributed by atoms with van der Waals surface area (Å²) in [5.41, 5.74) is 1.99. The number of carbonyl (C=O) groups excluding carboxylic acids is 2. The van der Waals surface area contributed by atoms with Gasteiger partial charge in [0.15, 0.2) is 6.61 Å². The number of hydrogen-bond donors (Lipinski definition) is 1. The van der Waals surface area contributed by atoms with E-state index in [1.54, 1.807) is 17.0 Å². The topological polar surface area (TPSA) is 58.6 Å². The SMILES string of the molecule is Cc1ccc(OCC(=O)N2CCC(C(=O)NCc3ccc(F)cc3)CC2)cc1. The van der Waals surface area contributed by atoms with Crippen molar-refractivity contribution in [2.24, 2.45) is 5.92 Å². The number of benzene rings is 2. The molecule has 1 saturated heterocycles. The normalized spacial score (nSPS) is 14.6. The monoisotopic (exact) mass is 384 g/mol. The van der Waals surface area contributed by atoms with E-state index in [-0.39, 0.29) is 30.2 Å². The molecular weight excluding hydrogens is 359 g/mol. The van der Waals surface area contributed by atoms with Crippen LogP contribution in [0.1, 0.15) is 24.0 Å². The van der Waals surface area contributed by atoms with Gasteiger partial charge in [-0.15, -0.1) is 0 Å². The number of likely N-dealkylation sites (tertiary alicyclic amines) is 1. The summed E-state index contributed by atoms with van der Waals surface area (Å²) in [5, 5.41) is 2.89. The van der Waals surface area contributed by atoms with Crippen LogP contribution in [0.4, 0.5) is 4.39 Å². The van der Waals surface area contributed by atoms with E-state index in [0.717, 1.165) is 11.1 Å². The molecule has 2 aromatic rings. The molecule has 0 atom stereocenters. The van der Waals surface area contributed by atoms with Gasteiger partial charge >= 0.3 is 0 Å². The van der Waals surface area contributed by atoms with Gasteiger partial charge in [-0.2, -0.15) is 0 Å². The largest absolute Gasteiger partial charge is 0.484 e. The third-order valence-corrected chi connectivity index (χ3v) is 4.98. The lowest BCUT2D eigenvalue weighted by Crippen LogP contribution is -2.44. The number of rotatable bonds is 6. The average Bonchev–Trinajstić information content (AvgIpc) is 2.72. The van der Waals surface area contributed by atoms with Crippen LogP contribution in [-0.4, -0.2) is 36.4 Å². The maximum atomic E-state index is 12.9. The molecule has 1 aliphatic heterocycles. The number of nitrogens with one attached hydrogen (secondary N) is 1. The minimum absolute atomic E-state index is 0.00446. The third-order valence-electron chi connectivity index (χ3n) is 4.98. The van der Waals surface area contributed by atoms with E-state index in [2.05, 4.69) is 5.32 Å². The second-order valence-electron chi connectivity index (χ2n) is 7.10. The van der Waals surface area contributed by atoms with Crippen LogP contribution in [0.5, 0.6) is 5.75 Å². The van der Waals surface area contributed by atoms with Crippen LogP contribution in [0.3, 0.4) is 0 Å². The molecule has 0 unspecified atom stereocenters. The molecule has 3 rings (SSSR count). The van der Waals surface area contributed by atoms with Crippen molar-refractivity contribution in [2.45, 2.75) is 26.3 Å². The first kappa shape index (κ1) is 19.9. The lowest BCUT2D eigenvalue weighted by Gasteiger charge is -2.31. The first-order valence-electron chi connectivity index (χ1n) is 9.50. The molecule has 0 aliphatic carbocycles. The Labute approximate surface area is 164 Å². The highest BCUT2D eigenvalue weighted by Crippen LogP contribution is 2.18. The molecule has 6 heteroatoms. The third kappa shape index (κ3) is 5.55. The van der Waals surface area contributed by atoms with Gasteiger partial charge in [-0.05, 0) is 49.6 Å². The molecule has 5 nitrogen and oxygen atoms in total. The standard InChI is InChI=1S/C22H25FN2O3/c1-16-2-8-20(9-3-16)28-15-21(26)25-12-10-18(11-13-25)22(27)24-14-17-4-6-19(23)7-5-17/h2-9,18H,10-15H2,1H3,(H,24,27). The van der Waals surface area contributed by atoms with Gasteiger partial charge in [0.25, 0.3) is 5.91 Å². The number of piperidine rings is 1. The zero-order chi connectivity index (χ0) is 19.9. The van der Waals surface area contributed by atoms with Crippen LogP contribution in [0.15, 0.2) is 48.5 Å². The molecule has 0 radical (unpaired) electrons. The Morgan fingerprint density at radius 1 is 1.07 bits per heavy atom. The Balaban J connectivity index is 1.39. The van der Waals surface area contributed by atoms with Crippen LogP contribution in [0.25, 0.3) is 0 Å². The molecule has 2 amide bonds. The molecule has 0 saturated carbocycles. The summed E-state index contributed by atoms with van der Waals surface area (Å²) in [6.07, 6.45) is 1.26. The van der Waals surface area contributed by atoms with E-state index in [0.29, 0.717) is 38.2 Å². The fourth-order valence-corrected chi connectivity index (χ4v) is 3.20. The fraction of sp³-hybridized carbons (Fsp3) is 0.364. The number of amides is 2. The number of halogens is 1. The Kier molecular flexibility index (Phi) is 6.63. The molecule has 1 heterocycles. The quantitative estimate of drug-likeness (QED) is 0.833. The average molecular weight is 384 g/mol. The van der Waals surface area contributed by atoms with E-state index < -0.39 is 0 Å². The summed E-state index contributed by atoms with van der Waals surface area (Å²) in [5.74, 6) is 0.188. The van der Waals surface area contributed by atoms with Crippen molar-refractivity contribution in [1.29, 1.82) is 0 Å². The summed E-state index contributed by atoms with van der Waals surface area (Å²) in [6, 6.07) is 13.6. The molecule has 0 spiro atoms. The van der Waals surface area contributed by atoms with Crippen LogP contribution in [0, 0.1) is 18.7 Å². The first-order chi connectivity index (χ1) is 13.5. The van der Waals surface area contributed by atoms with Crippen LogP contribution < -0.4 is 10.1 Å². The highest BCUT2D eigenvalue weighted by atomic mass is 19.1. The maximum Gasteiger partial charge on any atom is 0.260 e. The zero-order valence-electron chi connectivity index (χ0n) is 16.0. The minimum Gasteiger partial charge on any atom is -0.484 e. The molecule has 2 aromatic carbocycles. The highest BCUT2D eigenvalue weighted by molar-refractivity contribution is 5.80. The number of aryl methyl sites for hydroxylation is 1. The number of nitrogens with zero attached hydrogens (tertiary/aromatic N) is 1. The number of hydrogen-bond acceptors (Lipinski definition) is 3. The van der Waals surface area contributed by atoms with Crippen LogP contribution in [0.2, 0.25) is 0 Å². The first-order valence-corrected chi connectivity index (χ1v) is 9.50. The molecule has 1 fully saturated rings. The molecule has 1 aliphatic rings. The lowest BCUT2D eigenvalue weighted by atomic mass is 9.96. The van der Waals surface area contributed by atoms with Gasteiger partial charge in [0.1, 0.15) is 11.6 Å². The summed E-state index contributed by atoms with van der Waals surface area (Å²) in [7, 11) is 0. The molecule has 148 valence electrons. The van der Waals surface area contributed by atoms with Gasteiger partial charge in [0.05, 0.1) is 0 Å². The van der Waals surface area contributed by atoms with Crippen molar-refractivity contribution in [2.75, 3.05) is 19.7 Å². The number of ether oxygens (including phenoxy) is 1. The summed E-state index contributed by atoms with van der Waals surface area (Å²) >= 11 is 0. The van der Waals surface area contributed by atoms with Crippen molar-refractivity contribution < 1.29 is 18.7 Å². The molecule has 0 aromatic heterocycles. The number of carbonyl (C=O) groups is 2. The van der Waals surface area contributed by atoms with Gasteiger partial charge in [-0.3, -0.25) is 9.59 Å². The summed E-state index contributed by atoms with van der Waals surface area (Å²) in [6.45, 7) is 3.47. The van der Waals surface area contributed by atoms with Crippen LogP contribution >= 0.6 is 0 Å². The second-order valence-corrected chi connectivity index (χ2v) is 7.10. The lowest BCUT2D eigenvalue weighted by molar-refractivity contribution is -0.137. The smallest absolute Gasteiger partial charge is 0.260 e. The summed E-state index contributed by atoms with van der Waals surface area (Å²) in [4.78, 5) is 26.4. The molecule has 0 bridgehead atoms. The summed E-state index contributed by atoms with van der Waals surface area (Å²) < 4.78 is 18.5. The van der Waals surface area contributed by atoms with E-state index >= 15 is 0 Å². The van der Waals surface area contributed by atoms with Crippen molar-refractivity contribution in [3.8, 4) is 5.75 Å².